The second kappa shape index (κ2) is 9.37. The summed E-state index contributed by atoms with van der Waals surface area (Å²) >= 11 is 2.87. The molecule has 0 unspecified atom stereocenters. The summed E-state index contributed by atoms with van der Waals surface area (Å²) < 4.78 is 13.8. The van der Waals surface area contributed by atoms with Crippen molar-refractivity contribution in [1.82, 2.24) is 15.1 Å². The lowest BCUT2D eigenvalue weighted by atomic mass is 10.1. The van der Waals surface area contributed by atoms with Gasteiger partial charge in [0.15, 0.2) is 4.34 Å². The number of halogens is 1. The van der Waals surface area contributed by atoms with Gasteiger partial charge >= 0.3 is 0 Å². The smallest absolute Gasteiger partial charge is 0.240 e. The van der Waals surface area contributed by atoms with E-state index in [0.29, 0.717) is 11.7 Å². The van der Waals surface area contributed by atoms with Crippen LogP contribution in [0.3, 0.4) is 0 Å². The van der Waals surface area contributed by atoms with Gasteiger partial charge in [0.25, 0.3) is 0 Å². The Hall–Kier alpha value is -2.45. The predicted octanol–water partition coefficient (Wildman–Crippen LogP) is 4.75. The Kier molecular flexibility index (Phi) is 6.41. The highest BCUT2D eigenvalue weighted by Gasteiger charge is 2.29. The Bertz CT molecular complexity index is 943. The van der Waals surface area contributed by atoms with Gasteiger partial charge in [-0.05, 0) is 36.1 Å². The average molecular weight is 429 g/mol. The maximum atomic E-state index is 13.1. The Labute approximate surface area is 177 Å². The van der Waals surface area contributed by atoms with Gasteiger partial charge in [-0.2, -0.15) is 0 Å². The second-order valence-electron chi connectivity index (χ2n) is 6.79. The van der Waals surface area contributed by atoms with Crippen LogP contribution in [0.15, 0.2) is 58.9 Å². The highest BCUT2D eigenvalue weighted by molar-refractivity contribution is 8.01. The van der Waals surface area contributed by atoms with Crippen LogP contribution in [0.25, 0.3) is 0 Å². The number of benzene rings is 2. The lowest BCUT2D eigenvalue weighted by Crippen LogP contribution is -2.31. The van der Waals surface area contributed by atoms with Crippen molar-refractivity contribution in [1.29, 1.82) is 0 Å². The summed E-state index contributed by atoms with van der Waals surface area (Å²) in [6, 6.07) is 16.2. The van der Waals surface area contributed by atoms with Gasteiger partial charge in [-0.3, -0.25) is 4.79 Å². The number of carbonyl (C=O) groups is 1. The quantitative estimate of drug-likeness (QED) is 0.551. The number of amides is 1. The number of hydrogen-bond acceptors (Lipinski definition) is 6. The summed E-state index contributed by atoms with van der Waals surface area (Å²) in [5.41, 5.74) is 1.94. The highest BCUT2D eigenvalue weighted by atomic mass is 32.2. The molecule has 4 rings (SSSR count). The molecule has 1 aliphatic rings. The Morgan fingerprint density at radius 2 is 1.83 bits per heavy atom. The van der Waals surface area contributed by atoms with Crippen LogP contribution < -0.4 is 5.32 Å². The van der Waals surface area contributed by atoms with Gasteiger partial charge in [0.05, 0.1) is 0 Å². The van der Waals surface area contributed by atoms with E-state index >= 15 is 0 Å². The fourth-order valence-corrected chi connectivity index (χ4v) is 5.23. The third kappa shape index (κ3) is 5.13. The molecule has 1 atom stereocenters. The standard InChI is InChI=1S/C21H21FN4OS2/c22-17-10-8-15(9-11-17)14-23-20-24-25-21(29-20)28-18(16-6-2-1-3-7-16)19(27)26-12-4-5-13-26/h1-3,6-11,18H,4-5,12-14H2,(H,23,24)/t18-/m1/s1. The van der Waals surface area contributed by atoms with E-state index in [1.54, 1.807) is 12.1 Å². The van der Waals surface area contributed by atoms with Crippen molar-refractivity contribution >= 4 is 34.1 Å². The van der Waals surface area contributed by atoms with Crippen LogP contribution in [0.2, 0.25) is 0 Å². The highest BCUT2D eigenvalue weighted by Crippen LogP contribution is 2.39. The van der Waals surface area contributed by atoms with Crippen LogP contribution >= 0.6 is 23.1 Å². The van der Waals surface area contributed by atoms with Gasteiger partial charge in [0.1, 0.15) is 11.1 Å². The van der Waals surface area contributed by atoms with E-state index in [2.05, 4.69) is 15.5 Å². The van der Waals surface area contributed by atoms with E-state index < -0.39 is 0 Å². The molecule has 1 aliphatic heterocycles. The summed E-state index contributed by atoms with van der Waals surface area (Å²) in [4.78, 5) is 15.1. The molecule has 0 radical (unpaired) electrons. The maximum Gasteiger partial charge on any atom is 0.240 e. The molecule has 5 nitrogen and oxygen atoms in total. The predicted molar refractivity (Wildman–Crippen MR) is 114 cm³/mol. The molecule has 8 heteroatoms. The van der Waals surface area contributed by atoms with E-state index in [0.717, 1.165) is 41.4 Å². The van der Waals surface area contributed by atoms with Crippen molar-refractivity contribution in [3.8, 4) is 0 Å². The molecule has 2 aromatic carbocycles. The van der Waals surface area contributed by atoms with Gasteiger partial charge in [-0.25, -0.2) is 4.39 Å². The van der Waals surface area contributed by atoms with Gasteiger partial charge in [0.2, 0.25) is 11.0 Å². The normalized spacial score (nSPS) is 14.7. The number of hydrogen-bond donors (Lipinski definition) is 1. The minimum Gasteiger partial charge on any atom is -0.356 e. The molecule has 0 saturated carbocycles. The number of rotatable bonds is 7. The second-order valence-corrected chi connectivity index (χ2v) is 9.12. The Balaban J connectivity index is 1.45. The van der Waals surface area contributed by atoms with Gasteiger partial charge in [0, 0.05) is 19.6 Å². The van der Waals surface area contributed by atoms with Crippen molar-refractivity contribution in [2.24, 2.45) is 0 Å². The van der Waals surface area contributed by atoms with E-state index in [9.17, 15) is 9.18 Å². The number of nitrogens with zero attached hydrogens (tertiary/aromatic N) is 3. The number of aromatic nitrogens is 2. The zero-order chi connectivity index (χ0) is 20.1. The summed E-state index contributed by atoms with van der Waals surface area (Å²) in [7, 11) is 0. The van der Waals surface area contributed by atoms with E-state index in [1.807, 2.05) is 35.2 Å². The van der Waals surface area contributed by atoms with Crippen molar-refractivity contribution in [2.45, 2.75) is 29.0 Å². The first-order valence-electron chi connectivity index (χ1n) is 9.51. The molecule has 1 N–H and O–H groups in total. The molecule has 1 fully saturated rings. The molecular weight excluding hydrogens is 407 g/mol. The lowest BCUT2D eigenvalue weighted by molar-refractivity contribution is -0.129. The Morgan fingerprint density at radius 3 is 2.55 bits per heavy atom. The molecule has 1 amide bonds. The Morgan fingerprint density at radius 1 is 1.10 bits per heavy atom. The molecule has 0 bridgehead atoms. The summed E-state index contributed by atoms with van der Waals surface area (Å²) in [6.07, 6.45) is 2.13. The largest absolute Gasteiger partial charge is 0.356 e. The number of anilines is 1. The SMILES string of the molecule is O=C([C@H](Sc1nnc(NCc2ccc(F)cc2)s1)c1ccccc1)N1CCCC1. The first-order chi connectivity index (χ1) is 14.2. The summed E-state index contributed by atoms with van der Waals surface area (Å²) in [5, 5.41) is 12.0. The minimum atomic E-state index is -0.327. The molecule has 2 heterocycles. The zero-order valence-electron chi connectivity index (χ0n) is 15.8. The zero-order valence-corrected chi connectivity index (χ0v) is 17.4. The van der Waals surface area contributed by atoms with Crippen molar-refractivity contribution in [3.63, 3.8) is 0 Å². The van der Waals surface area contributed by atoms with Crippen molar-refractivity contribution < 1.29 is 9.18 Å². The molecule has 0 aliphatic carbocycles. The molecule has 1 saturated heterocycles. The van der Waals surface area contributed by atoms with Gasteiger partial charge in [-0.15, -0.1) is 10.2 Å². The van der Waals surface area contributed by atoms with E-state index in [4.69, 9.17) is 0 Å². The van der Waals surface area contributed by atoms with Crippen LogP contribution in [-0.2, 0) is 11.3 Å². The molecular formula is C21H21FN4OS2. The fraction of sp³-hybridized carbons (Fsp3) is 0.286. The summed E-state index contributed by atoms with van der Waals surface area (Å²) in [6.45, 7) is 2.18. The lowest BCUT2D eigenvalue weighted by Gasteiger charge is -2.22. The summed E-state index contributed by atoms with van der Waals surface area (Å²) in [5.74, 6) is -0.118. The average Bonchev–Trinajstić information content (AvgIpc) is 3.44. The van der Waals surface area contributed by atoms with Crippen LogP contribution in [-0.4, -0.2) is 34.1 Å². The number of carbonyl (C=O) groups excluding carboxylic acids is 1. The van der Waals surface area contributed by atoms with Crippen LogP contribution in [0.4, 0.5) is 9.52 Å². The van der Waals surface area contributed by atoms with Crippen LogP contribution in [0.5, 0.6) is 0 Å². The third-order valence-corrected chi connectivity index (χ3v) is 6.93. The van der Waals surface area contributed by atoms with E-state index in [-0.39, 0.29) is 17.0 Å². The van der Waals surface area contributed by atoms with Crippen molar-refractivity contribution in [3.05, 3.63) is 71.5 Å². The maximum absolute atomic E-state index is 13.1. The van der Waals surface area contributed by atoms with Gasteiger partial charge < -0.3 is 10.2 Å². The van der Waals surface area contributed by atoms with Crippen LogP contribution in [0, 0.1) is 5.82 Å². The van der Waals surface area contributed by atoms with Crippen LogP contribution in [0.1, 0.15) is 29.2 Å². The third-order valence-electron chi connectivity index (χ3n) is 4.73. The topological polar surface area (TPSA) is 58.1 Å². The van der Waals surface area contributed by atoms with Gasteiger partial charge in [-0.1, -0.05) is 65.6 Å². The first-order valence-corrected chi connectivity index (χ1v) is 11.2. The fourth-order valence-electron chi connectivity index (χ4n) is 3.20. The number of nitrogens with one attached hydrogen (secondary N) is 1. The molecule has 3 aromatic rings. The van der Waals surface area contributed by atoms with E-state index in [1.165, 1.54) is 35.2 Å². The number of thioether (sulfide) groups is 1. The monoisotopic (exact) mass is 428 g/mol. The van der Waals surface area contributed by atoms with Crippen molar-refractivity contribution in [2.75, 3.05) is 18.4 Å². The molecule has 0 spiro atoms. The molecule has 150 valence electrons. The molecule has 1 aromatic heterocycles. The molecule has 29 heavy (non-hydrogen) atoms. The minimum absolute atomic E-state index is 0.134. The first kappa shape index (κ1) is 19.8. The number of likely N-dealkylation sites (tertiary alicyclic amines) is 1.